The van der Waals surface area contributed by atoms with Crippen LogP contribution in [0.15, 0.2) is 0 Å². The van der Waals surface area contributed by atoms with Crippen LogP contribution in [0.25, 0.3) is 0 Å². The van der Waals surface area contributed by atoms with Crippen LogP contribution in [0.3, 0.4) is 0 Å². The van der Waals surface area contributed by atoms with Crippen LogP contribution < -0.4 is 0 Å². The van der Waals surface area contributed by atoms with E-state index in [9.17, 15) is 20.1 Å². The number of hydrogen-bond acceptors (Lipinski definition) is 6. The van der Waals surface area contributed by atoms with Crippen LogP contribution in [0.1, 0.15) is 6.92 Å². The molecule has 0 saturated carbocycles. The normalized spacial score (nSPS) is 16.7. The SMILES string of the molecule is CC(=O)N(CCN(C)C)C(O)C(O)C(O)CO. The maximum atomic E-state index is 11.3. The predicted molar refractivity (Wildman–Crippen MR) is 61.0 cm³/mol. The Kier molecular flexibility index (Phi) is 7.24. The lowest BCUT2D eigenvalue weighted by Crippen LogP contribution is -2.52. The van der Waals surface area contributed by atoms with Crippen LogP contribution in [0, 0.1) is 0 Å². The van der Waals surface area contributed by atoms with Gasteiger partial charge in [-0.3, -0.25) is 4.79 Å². The Balaban J connectivity index is 4.53. The summed E-state index contributed by atoms with van der Waals surface area (Å²) in [5, 5.41) is 37.1. The molecule has 4 N–H and O–H groups in total. The fourth-order valence-corrected chi connectivity index (χ4v) is 1.27. The third-order valence-corrected chi connectivity index (χ3v) is 2.40. The maximum absolute atomic E-state index is 11.3. The number of aliphatic hydroxyl groups is 4. The minimum Gasteiger partial charge on any atom is -0.394 e. The molecule has 1 amide bonds. The number of carbonyl (C=O) groups is 1. The van der Waals surface area contributed by atoms with Gasteiger partial charge in [-0.25, -0.2) is 0 Å². The van der Waals surface area contributed by atoms with Gasteiger partial charge in [-0.1, -0.05) is 0 Å². The van der Waals surface area contributed by atoms with E-state index in [1.165, 1.54) is 6.92 Å². The van der Waals surface area contributed by atoms with Crippen LogP contribution >= 0.6 is 0 Å². The summed E-state index contributed by atoms with van der Waals surface area (Å²) in [6.45, 7) is 1.31. The second-order valence-electron chi connectivity index (χ2n) is 4.17. The minimum atomic E-state index is -1.59. The molecule has 3 unspecified atom stereocenters. The zero-order valence-electron chi connectivity index (χ0n) is 10.4. The largest absolute Gasteiger partial charge is 0.394 e. The molecule has 0 heterocycles. The van der Waals surface area contributed by atoms with Gasteiger partial charge >= 0.3 is 0 Å². The molecule has 7 nitrogen and oxygen atoms in total. The lowest BCUT2D eigenvalue weighted by Gasteiger charge is -2.32. The van der Waals surface area contributed by atoms with Crippen LogP contribution in [-0.2, 0) is 4.79 Å². The molecule has 0 fully saturated rings. The van der Waals surface area contributed by atoms with Gasteiger partial charge in [0.2, 0.25) is 5.91 Å². The third kappa shape index (κ3) is 5.42. The zero-order chi connectivity index (χ0) is 13.6. The Hall–Kier alpha value is -0.730. The van der Waals surface area contributed by atoms with Gasteiger partial charge in [0, 0.05) is 20.0 Å². The van der Waals surface area contributed by atoms with Gasteiger partial charge in [0.05, 0.1) is 6.61 Å². The van der Waals surface area contributed by atoms with Gasteiger partial charge in [0.25, 0.3) is 0 Å². The van der Waals surface area contributed by atoms with Crippen molar-refractivity contribution in [1.82, 2.24) is 9.80 Å². The molecule has 102 valence electrons. The molecule has 0 spiro atoms. The maximum Gasteiger partial charge on any atom is 0.221 e. The number of carbonyl (C=O) groups excluding carboxylic acids is 1. The van der Waals surface area contributed by atoms with Crippen molar-refractivity contribution in [3.8, 4) is 0 Å². The molecule has 17 heavy (non-hydrogen) atoms. The van der Waals surface area contributed by atoms with E-state index in [-0.39, 0.29) is 6.54 Å². The van der Waals surface area contributed by atoms with Crippen molar-refractivity contribution in [1.29, 1.82) is 0 Å². The molecule has 0 radical (unpaired) electrons. The van der Waals surface area contributed by atoms with Gasteiger partial charge in [-0.05, 0) is 14.1 Å². The zero-order valence-corrected chi connectivity index (χ0v) is 10.4. The third-order valence-electron chi connectivity index (χ3n) is 2.40. The summed E-state index contributed by atoms with van der Waals surface area (Å²) >= 11 is 0. The lowest BCUT2D eigenvalue weighted by atomic mass is 10.1. The van der Waals surface area contributed by atoms with Gasteiger partial charge in [-0.2, -0.15) is 0 Å². The van der Waals surface area contributed by atoms with Crippen molar-refractivity contribution in [2.24, 2.45) is 0 Å². The van der Waals surface area contributed by atoms with Crippen molar-refractivity contribution in [2.45, 2.75) is 25.4 Å². The van der Waals surface area contributed by atoms with E-state index in [1.54, 1.807) is 0 Å². The molecule has 0 aliphatic heterocycles. The summed E-state index contributed by atoms with van der Waals surface area (Å²) in [7, 11) is 3.62. The topological polar surface area (TPSA) is 104 Å². The van der Waals surface area contributed by atoms with E-state index in [1.807, 2.05) is 19.0 Å². The highest BCUT2D eigenvalue weighted by atomic mass is 16.4. The van der Waals surface area contributed by atoms with Crippen molar-refractivity contribution >= 4 is 5.91 Å². The molecular formula is C10H22N2O5. The van der Waals surface area contributed by atoms with E-state index in [0.717, 1.165) is 4.90 Å². The molecule has 7 heteroatoms. The molecule has 0 aliphatic rings. The van der Waals surface area contributed by atoms with Gasteiger partial charge in [0.15, 0.2) is 6.23 Å². The fraction of sp³-hybridized carbons (Fsp3) is 0.900. The number of likely N-dealkylation sites (N-methyl/N-ethyl adjacent to an activating group) is 1. The summed E-state index contributed by atoms with van der Waals surface area (Å²) < 4.78 is 0. The number of nitrogens with zero attached hydrogens (tertiary/aromatic N) is 2. The molecule has 3 atom stereocenters. The summed E-state index contributed by atoms with van der Waals surface area (Å²) in [6, 6.07) is 0. The van der Waals surface area contributed by atoms with Gasteiger partial charge in [0.1, 0.15) is 12.2 Å². The number of rotatable bonds is 7. The molecule has 0 bridgehead atoms. The van der Waals surface area contributed by atoms with Crippen LogP contribution in [0.4, 0.5) is 0 Å². The minimum absolute atomic E-state index is 0.221. The highest BCUT2D eigenvalue weighted by Gasteiger charge is 2.30. The smallest absolute Gasteiger partial charge is 0.221 e. The fourth-order valence-electron chi connectivity index (χ4n) is 1.27. The number of hydrogen-bond donors (Lipinski definition) is 4. The molecule has 0 aromatic carbocycles. The standard InChI is InChI=1S/C10H22N2O5/c1-7(14)12(5-4-11(2)3)10(17)9(16)8(15)6-13/h8-10,13,15-17H,4-6H2,1-3H3. The predicted octanol–water partition coefficient (Wildman–Crippen LogP) is -2.57. The molecule has 0 aromatic rings. The van der Waals surface area contributed by atoms with Crippen molar-refractivity contribution in [3.63, 3.8) is 0 Å². The average molecular weight is 250 g/mol. The highest BCUT2D eigenvalue weighted by Crippen LogP contribution is 2.06. The van der Waals surface area contributed by atoms with E-state index >= 15 is 0 Å². The molecular weight excluding hydrogens is 228 g/mol. The second kappa shape index (κ2) is 7.57. The van der Waals surface area contributed by atoms with E-state index in [4.69, 9.17) is 5.11 Å². The van der Waals surface area contributed by atoms with Crippen LogP contribution in [0.2, 0.25) is 0 Å². The average Bonchev–Trinajstić information content (AvgIpc) is 2.25. The second-order valence-corrected chi connectivity index (χ2v) is 4.17. The first kappa shape index (κ1) is 16.3. The molecule has 0 aromatic heterocycles. The van der Waals surface area contributed by atoms with Crippen LogP contribution in [0.5, 0.6) is 0 Å². The number of amides is 1. The first-order valence-corrected chi connectivity index (χ1v) is 5.38. The van der Waals surface area contributed by atoms with E-state index in [2.05, 4.69) is 0 Å². The Labute approximate surface area is 101 Å². The Morgan fingerprint density at radius 1 is 1.18 bits per heavy atom. The Morgan fingerprint density at radius 3 is 2.06 bits per heavy atom. The quantitative estimate of drug-likeness (QED) is 0.370. The van der Waals surface area contributed by atoms with E-state index < -0.39 is 30.9 Å². The monoisotopic (exact) mass is 250 g/mol. The van der Waals surface area contributed by atoms with Crippen molar-refractivity contribution < 1.29 is 25.2 Å². The van der Waals surface area contributed by atoms with Gasteiger partial charge in [-0.15, -0.1) is 0 Å². The first-order chi connectivity index (χ1) is 7.81. The summed E-state index contributed by atoms with van der Waals surface area (Å²) in [4.78, 5) is 14.2. The summed E-state index contributed by atoms with van der Waals surface area (Å²) in [5.74, 6) is -0.413. The lowest BCUT2D eigenvalue weighted by molar-refractivity contribution is -0.161. The summed E-state index contributed by atoms with van der Waals surface area (Å²) in [6.07, 6.45) is -4.60. The van der Waals surface area contributed by atoms with Gasteiger partial charge < -0.3 is 30.2 Å². The first-order valence-electron chi connectivity index (χ1n) is 5.38. The number of aliphatic hydroxyl groups excluding tert-OH is 4. The molecule has 0 saturated heterocycles. The Morgan fingerprint density at radius 2 is 1.71 bits per heavy atom. The highest BCUT2D eigenvalue weighted by molar-refractivity contribution is 5.73. The van der Waals surface area contributed by atoms with E-state index in [0.29, 0.717) is 6.54 Å². The Bertz CT molecular complexity index is 237. The van der Waals surface area contributed by atoms with Crippen molar-refractivity contribution in [2.75, 3.05) is 33.8 Å². The molecule has 0 aliphatic carbocycles. The molecule has 0 rings (SSSR count). The summed E-state index contributed by atoms with van der Waals surface area (Å²) in [5.41, 5.74) is 0. The van der Waals surface area contributed by atoms with Crippen LogP contribution in [-0.4, -0.2) is 88.4 Å². The van der Waals surface area contributed by atoms with Crippen molar-refractivity contribution in [3.05, 3.63) is 0 Å².